The van der Waals surface area contributed by atoms with E-state index in [1.54, 1.807) is 13.1 Å². The minimum absolute atomic E-state index is 0.0613. The van der Waals surface area contributed by atoms with Crippen molar-refractivity contribution in [3.8, 4) is 17.0 Å². The van der Waals surface area contributed by atoms with E-state index in [1.165, 1.54) is 17.3 Å². The highest BCUT2D eigenvalue weighted by atomic mass is 19.3. The van der Waals surface area contributed by atoms with Crippen LogP contribution in [0, 0.1) is 5.92 Å². The summed E-state index contributed by atoms with van der Waals surface area (Å²) in [6.45, 7) is -0.751. The number of hydrogen-bond donors (Lipinski definition) is 2. The van der Waals surface area contributed by atoms with Gasteiger partial charge in [0.25, 0.3) is 6.43 Å². The summed E-state index contributed by atoms with van der Waals surface area (Å²) in [5.74, 6) is -0.721. The highest BCUT2D eigenvalue weighted by Crippen LogP contribution is 2.39. The molecule has 0 aliphatic heterocycles. The van der Waals surface area contributed by atoms with Crippen LogP contribution in [0.3, 0.4) is 0 Å². The number of aliphatic hydroxyl groups excluding tert-OH is 1. The summed E-state index contributed by atoms with van der Waals surface area (Å²) in [6.07, 6.45) is 1.10. The Kier molecular flexibility index (Phi) is 7.55. The Morgan fingerprint density at radius 2 is 2.03 bits per heavy atom. The zero-order valence-electron chi connectivity index (χ0n) is 19.3. The number of aromatic nitrogens is 2. The predicted octanol–water partition coefficient (Wildman–Crippen LogP) is 3.51. The minimum Gasteiger partial charge on any atom is -0.485 e. The van der Waals surface area contributed by atoms with Gasteiger partial charge in [-0.25, -0.2) is 8.78 Å². The lowest BCUT2D eigenvalue weighted by molar-refractivity contribution is -0.134. The molecule has 1 aromatic carbocycles. The number of ketones is 1. The quantitative estimate of drug-likeness (QED) is 0.486. The summed E-state index contributed by atoms with van der Waals surface area (Å²) in [4.78, 5) is 35.0. The summed E-state index contributed by atoms with van der Waals surface area (Å²) in [5.41, 5.74) is 4.00. The van der Waals surface area contributed by atoms with Crippen molar-refractivity contribution >= 4 is 11.7 Å². The topological polar surface area (TPSA) is 95.5 Å². The summed E-state index contributed by atoms with van der Waals surface area (Å²) >= 11 is 0. The molecule has 2 heterocycles. The van der Waals surface area contributed by atoms with Crippen molar-refractivity contribution in [3.05, 3.63) is 71.2 Å². The number of Topliss-reactive ketones (excluding diaryl/α,β-unsaturated/α-hetero) is 1. The first kappa shape index (κ1) is 24.5. The van der Waals surface area contributed by atoms with Crippen LogP contribution >= 0.6 is 0 Å². The molecule has 1 aliphatic rings. The second-order valence-electron chi connectivity index (χ2n) is 8.58. The Hall–Kier alpha value is -3.59. The fourth-order valence-corrected chi connectivity index (χ4v) is 4.54. The number of H-pyrrole nitrogens is 1. The minimum atomic E-state index is -2.65. The lowest BCUT2D eigenvalue weighted by Crippen LogP contribution is -2.38. The average Bonchev–Trinajstić information content (AvgIpc) is 3.21. The molecule has 4 rings (SSSR count). The monoisotopic (exact) mass is 483 g/mol. The number of fused-ring (bicyclic) bond motifs is 1. The number of halogens is 2. The summed E-state index contributed by atoms with van der Waals surface area (Å²) in [6, 6.07) is 11.3. The van der Waals surface area contributed by atoms with Crippen molar-refractivity contribution in [3.63, 3.8) is 0 Å². The third-order valence-electron chi connectivity index (χ3n) is 6.15. The molecule has 0 radical (unpaired) electrons. The number of benzene rings is 1. The van der Waals surface area contributed by atoms with E-state index in [0.29, 0.717) is 35.4 Å². The molecule has 3 aromatic rings. The molecule has 2 aromatic heterocycles. The van der Waals surface area contributed by atoms with Gasteiger partial charge in [-0.1, -0.05) is 30.3 Å². The van der Waals surface area contributed by atoms with Crippen molar-refractivity contribution in [1.29, 1.82) is 0 Å². The Labute approximate surface area is 201 Å². The van der Waals surface area contributed by atoms with Crippen molar-refractivity contribution in [2.24, 2.45) is 5.92 Å². The van der Waals surface area contributed by atoms with Gasteiger partial charge >= 0.3 is 0 Å². The smallest absolute Gasteiger partial charge is 0.272 e. The maximum atomic E-state index is 13.4. The standard InChI is InChI=1S/C26H27F2N3O4/c1-31(9-10-32)26(34)17-12-20-24(21(33)13-17)19(11-16-5-3-2-4-6-16)25(30-20)18-7-8-29-14-22(18)35-15-23(27)28/h2-8,14,17,23,30,32H,9-13,15H2,1H3. The number of hydrogen-bond acceptors (Lipinski definition) is 5. The van der Waals surface area contributed by atoms with Crippen LogP contribution in [-0.4, -0.2) is 64.9 Å². The van der Waals surface area contributed by atoms with Gasteiger partial charge in [-0.15, -0.1) is 0 Å². The molecular weight excluding hydrogens is 456 g/mol. The van der Waals surface area contributed by atoms with Crippen LogP contribution in [0.5, 0.6) is 5.75 Å². The van der Waals surface area contributed by atoms with Gasteiger partial charge in [0, 0.05) is 55.9 Å². The van der Waals surface area contributed by atoms with E-state index in [4.69, 9.17) is 4.74 Å². The van der Waals surface area contributed by atoms with Gasteiger partial charge in [0.15, 0.2) is 5.78 Å². The van der Waals surface area contributed by atoms with Gasteiger partial charge in [0.2, 0.25) is 5.91 Å². The second-order valence-corrected chi connectivity index (χ2v) is 8.58. The lowest BCUT2D eigenvalue weighted by atomic mass is 9.83. The molecule has 0 bridgehead atoms. The molecule has 0 fully saturated rings. The predicted molar refractivity (Wildman–Crippen MR) is 126 cm³/mol. The van der Waals surface area contributed by atoms with E-state index in [2.05, 4.69) is 9.97 Å². The SMILES string of the molecule is CN(CCO)C(=O)C1CC(=O)c2c([nH]c(-c3ccncc3OCC(F)F)c2Cc2ccccc2)C1. The third kappa shape index (κ3) is 5.40. The van der Waals surface area contributed by atoms with Gasteiger partial charge in [0.05, 0.1) is 24.4 Å². The number of aliphatic hydroxyl groups is 1. The van der Waals surface area contributed by atoms with Crippen LogP contribution in [0.4, 0.5) is 8.78 Å². The largest absolute Gasteiger partial charge is 0.485 e. The zero-order valence-corrected chi connectivity index (χ0v) is 19.3. The molecule has 1 amide bonds. The Morgan fingerprint density at radius 1 is 1.26 bits per heavy atom. The van der Waals surface area contributed by atoms with E-state index in [0.717, 1.165) is 11.1 Å². The lowest BCUT2D eigenvalue weighted by Gasteiger charge is -2.26. The summed E-state index contributed by atoms with van der Waals surface area (Å²) in [7, 11) is 1.60. The first-order valence-corrected chi connectivity index (χ1v) is 11.4. The molecular formula is C26H27F2N3O4. The fraction of sp³-hybridized carbons (Fsp3) is 0.346. The number of carbonyl (C=O) groups excluding carboxylic acids is 2. The molecule has 7 nitrogen and oxygen atoms in total. The number of rotatable bonds is 9. The van der Waals surface area contributed by atoms with Crippen LogP contribution < -0.4 is 4.74 Å². The number of likely N-dealkylation sites (N-methyl/N-ethyl adjacent to an activating group) is 1. The number of ether oxygens (including phenoxy) is 1. The molecule has 1 aliphatic carbocycles. The normalized spacial score (nSPS) is 15.2. The number of pyridine rings is 1. The van der Waals surface area contributed by atoms with E-state index in [9.17, 15) is 23.5 Å². The molecule has 9 heteroatoms. The van der Waals surface area contributed by atoms with E-state index < -0.39 is 19.0 Å². The molecule has 0 saturated carbocycles. The highest BCUT2D eigenvalue weighted by molar-refractivity contribution is 6.04. The van der Waals surface area contributed by atoms with Crippen LogP contribution in [0.2, 0.25) is 0 Å². The maximum Gasteiger partial charge on any atom is 0.272 e. The highest BCUT2D eigenvalue weighted by Gasteiger charge is 2.36. The number of alkyl halides is 2. The number of carbonyl (C=O) groups is 2. The Bertz CT molecular complexity index is 1200. The number of amides is 1. The van der Waals surface area contributed by atoms with Gasteiger partial charge in [0.1, 0.15) is 12.4 Å². The van der Waals surface area contributed by atoms with Crippen molar-refractivity contribution in [2.45, 2.75) is 25.7 Å². The molecule has 2 N–H and O–H groups in total. The third-order valence-corrected chi connectivity index (χ3v) is 6.15. The number of aromatic amines is 1. The second kappa shape index (κ2) is 10.8. The van der Waals surface area contributed by atoms with E-state index in [-0.39, 0.29) is 37.0 Å². The van der Waals surface area contributed by atoms with E-state index >= 15 is 0 Å². The number of nitrogens with one attached hydrogen (secondary N) is 1. The Balaban J connectivity index is 1.78. The van der Waals surface area contributed by atoms with Crippen molar-refractivity contribution in [1.82, 2.24) is 14.9 Å². The molecule has 35 heavy (non-hydrogen) atoms. The van der Waals surface area contributed by atoms with Crippen LogP contribution in [-0.2, 0) is 17.6 Å². The van der Waals surface area contributed by atoms with Crippen LogP contribution in [0.1, 0.15) is 33.6 Å². The van der Waals surface area contributed by atoms with Crippen molar-refractivity contribution < 1.29 is 28.2 Å². The van der Waals surface area contributed by atoms with Crippen molar-refractivity contribution in [2.75, 3.05) is 26.8 Å². The van der Waals surface area contributed by atoms with Gasteiger partial charge < -0.3 is 19.7 Å². The van der Waals surface area contributed by atoms with Gasteiger partial charge in [-0.3, -0.25) is 14.6 Å². The Morgan fingerprint density at radius 3 is 2.74 bits per heavy atom. The molecule has 1 atom stereocenters. The maximum absolute atomic E-state index is 13.4. The molecule has 184 valence electrons. The molecule has 0 spiro atoms. The average molecular weight is 484 g/mol. The molecule has 1 unspecified atom stereocenters. The van der Waals surface area contributed by atoms with Gasteiger partial charge in [-0.2, -0.15) is 0 Å². The van der Waals surface area contributed by atoms with Crippen LogP contribution in [0.25, 0.3) is 11.3 Å². The zero-order chi connectivity index (χ0) is 24.9. The first-order valence-electron chi connectivity index (χ1n) is 11.4. The first-order chi connectivity index (χ1) is 16.9. The summed E-state index contributed by atoms with van der Waals surface area (Å²) in [5, 5.41) is 9.17. The van der Waals surface area contributed by atoms with E-state index in [1.807, 2.05) is 30.3 Å². The molecule has 0 saturated heterocycles. The number of nitrogens with zero attached hydrogens (tertiary/aromatic N) is 2. The van der Waals surface area contributed by atoms with Crippen LogP contribution in [0.15, 0.2) is 48.8 Å². The summed E-state index contributed by atoms with van der Waals surface area (Å²) < 4.78 is 31.0. The van der Waals surface area contributed by atoms with Gasteiger partial charge in [-0.05, 0) is 17.2 Å². The fourth-order valence-electron chi connectivity index (χ4n) is 4.54.